The van der Waals surface area contributed by atoms with Crippen LogP contribution in [0.3, 0.4) is 0 Å². The highest BCUT2D eigenvalue weighted by Gasteiger charge is 2.24. The summed E-state index contributed by atoms with van der Waals surface area (Å²) in [6.45, 7) is 8.37. The van der Waals surface area contributed by atoms with E-state index in [1.165, 1.54) is 11.0 Å². The predicted molar refractivity (Wildman–Crippen MR) is 102 cm³/mol. The van der Waals surface area contributed by atoms with Gasteiger partial charge in [-0.1, -0.05) is 18.2 Å². The van der Waals surface area contributed by atoms with Crippen molar-refractivity contribution in [3.8, 4) is 5.75 Å². The van der Waals surface area contributed by atoms with Crippen molar-refractivity contribution in [3.63, 3.8) is 0 Å². The number of aliphatic hydroxyl groups is 1. The number of hydrogen-bond acceptors (Lipinski definition) is 3. The Labute approximate surface area is 154 Å². The van der Waals surface area contributed by atoms with Gasteiger partial charge in [-0.15, -0.1) is 0 Å². The molecule has 26 heavy (non-hydrogen) atoms. The second kappa shape index (κ2) is 8.52. The third-order valence-electron chi connectivity index (χ3n) is 4.83. The molecule has 1 aliphatic rings. The molecule has 0 bridgehead atoms. The molecular weight excluding hydrogens is 331 g/mol. The van der Waals surface area contributed by atoms with Crippen molar-refractivity contribution in [2.75, 3.05) is 44.2 Å². The van der Waals surface area contributed by atoms with Gasteiger partial charge in [0.1, 0.15) is 30.8 Å². The number of benzene rings is 2. The maximum absolute atomic E-state index is 13.9. The number of nitrogens with one attached hydrogen (secondary N) is 1. The maximum atomic E-state index is 13.9. The van der Waals surface area contributed by atoms with Crippen LogP contribution in [0.4, 0.5) is 10.1 Å². The average Bonchev–Trinajstić information content (AvgIpc) is 2.60. The quantitative estimate of drug-likeness (QED) is 0.823. The predicted octanol–water partition coefficient (Wildman–Crippen LogP) is 1.59. The summed E-state index contributed by atoms with van der Waals surface area (Å²) in [7, 11) is 0. The molecule has 0 unspecified atom stereocenters. The Morgan fingerprint density at radius 2 is 1.77 bits per heavy atom. The smallest absolute Gasteiger partial charge is 0.146 e. The number of piperazine rings is 1. The Morgan fingerprint density at radius 1 is 1.12 bits per heavy atom. The lowest BCUT2D eigenvalue weighted by Crippen LogP contribution is -3.16. The van der Waals surface area contributed by atoms with Crippen LogP contribution >= 0.6 is 0 Å². The van der Waals surface area contributed by atoms with E-state index >= 15 is 0 Å². The van der Waals surface area contributed by atoms with Crippen molar-refractivity contribution in [2.24, 2.45) is 0 Å². The van der Waals surface area contributed by atoms with Gasteiger partial charge in [-0.2, -0.15) is 0 Å². The van der Waals surface area contributed by atoms with Crippen LogP contribution in [0.2, 0.25) is 0 Å². The molecule has 1 saturated heterocycles. The summed E-state index contributed by atoms with van der Waals surface area (Å²) in [5, 5.41) is 10.3. The first-order valence-electron chi connectivity index (χ1n) is 9.23. The minimum atomic E-state index is -0.508. The molecular formula is C21H28FN2O2+. The lowest BCUT2D eigenvalue weighted by Gasteiger charge is -2.34. The molecule has 0 aliphatic carbocycles. The van der Waals surface area contributed by atoms with Gasteiger partial charge in [-0.05, 0) is 49.2 Å². The van der Waals surface area contributed by atoms with E-state index in [4.69, 9.17) is 4.74 Å². The second-order valence-electron chi connectivity index (χ2n) is 7.18. The first-order valence-corrected chi connectivity index (χ1v) is 9.23. The van der Waals surface area contributed by atoms with E-state index in [0.29, 0.717) is 18.8 Å². The van der Waals surface area contributed by atoms with Crippen LogP contribution in [-0.2, 0) is 0 Å². The number of halogens is 1. The van der Waals surface area contributed by atoms with Gasteiger partial charge >= 0.3 is 0 Å². The largest absolute Gasteiger partial charge is 0.491 e. The Balaban J connectivity index is 1.44. The fourth-order valence-electron chi connectivity index (χ4n) is 3.58. The van der Waals surface area contributed by atoms with Crippen molar-refractivity contribution in [1.82, 2.24) is 0 Å². The van der Waals surface area contributed by atoms with E-state index in [9.17, 15) is 9.50 Å². The van der Waals surface area contributed by atoms with Crippen LogP contribution < -0.4 is 14.5 Å². The van der Waals surface area contributed by atoms with Crippen LogP contribution in [0.25, 0.3) is 0 Å². The number of para-hydroxylation sites is 1. The topological polar surface area (TPSA) is 37.1 Å². The fraction of sp³-hybridized carbons (Fsp3) is 0.429. The zero-order valence-electron chi connectivity index (χ0n) is 15.5. The van der Waals surface area contributed by atoms with Gasteiger partial charge in [0.2, 0.25) is 0 Å². The number of nitrogens with zero attached hydrogens (tertiary/aromatic N) is 1. The van der Waals surface area contributed by atoms with Crippen LogP contribution in [0.1, 0.15) is 11.1 Å². The van der Waals surface area contributed by atoms with Crippen LogP contribution in [0.5, 0.6) is 5.75 Å². The summed E-state index contributed by atoms with van der Waals surface area (Å²) >= 11 is 0. The zero-order valence-corrected chi connectivity index (χ0v) is 15.5. The summed E-state index contributed by atoms with van der Waals surface area (Å²) in [6.07, 6.45) is -0.508. The van der Waals surface area contributed by atoms with E-state index in [-0.39, 0.29) is 5.82 Å². The Morgan fingerprint density at radius 3 is 2.42 bits per heavy atom. The van der Waals surface area contributed by atoms with Gasteiger partial charge in [-0.25, -0.2) is 4.39 Å². The zero-order chi connectivity index (χ0) is 18.5. The third-order valence-corrected chi connectivity index (χ3v) is 4.83. The molecule has 1 atom stereocenters. The molecule has 0 saturated carbocycles. The second-order valence-corrected chi connectivity index (χ2v) is 7.18. The van der Waals surface area contributed by atoms with Crippen molar-refractivity contribution < 1.29 is 19.1 Å². The minimum Gasteiger partial charge on any atom is -0.491 e. The Bertz CT molecular complexity index is 709. The molecule has 2 aromatic rings. The molecule has 4 nitrogen and oxygen atoms in total. The Hall–Kier alpha value is -2.11. The van der Waals surface area contributed by atoms with Crippen molar-refractivity contribution in [3.05, 3.63) is 59.4 Å². The highest BCUT2D eigenvalue weighted by molar-refractivity contribution is 5.47. The number of aryl methyl sites for hydroxylation is 2. The molecule has 140 valence electrons. The highest BCUT2D eigenvalue weighted by atomic mass is 19.1. The molecule has 0 amide bonds. The van der Waals surface area contributed by atoms with Crippen molar-refractivity contribution in [2.45, 2.75) is 20.0 Å². The number of ether oxygens (including phenoxy) is 1. The average molecular weight is 359 g/mol. The molecule has 3 rings (SSSR count). The number of rotatable bonds is 6. The maximum Gasteiger partial charge on any atom is 0.146 e. The number of hydrogen-bond donors (Lipinski definition) is 2. The van der Waals surface area contributed by atoms with Gasteiger partial charge < -0.3 is 19.6 Å². The summed E-state index contributed by atoms with van der Waals surface area (Å²) in [5.41, 5.74) is 2.99. The van der Waals surface area contributed by atoms with E-state index in [0.717, 1.165) is 43.1 Å². The van der Waals surface area contributed by atoms with Gasteiger partial charge in [0.15, 0.2) is 0 Å². The minimum absolute atomic E-state index is 0.169. The molecule has 0 radical (unpaired) electrons. The van der Waals surface area contributed by atoms with Crippen LogP contribution in [-0.4, -0.2) is 50.5 Å². The Kier molecular flexibility index (Phi) is 6.12. The summed E-state index contributed by atoms with van der Waals surface area (Å²) in [5.74, 6) is 0.638. The SMILES string of the molecule is Cc1cc(C)cc(OC[C@H](O)C[NH+]2CCN(c3ccccc3F)CC2)c1. The number of anilines is 1. The molecule has 2 aromatic carbocycles. The summed E-state index contributed by atoms with van der Waals surface area (Å²) in [4.78, 5) is 3.41. The normalized spacial score (nSPS) is 16.5. The lowest BCUT2D eigenvalue weighted by molar-refractivity contribution is -0.903. The first kappa shape index (κ1) is 18.7. The molecule has 1 aliphatic heterocycles. The van der Waals surface area contributed by atoms with E-state index in [2.05, 4.69) is 11.0 Å². The molecule has 1 fully saturated rings. The number of aliphatic hydroxyl groups excluding tert-OH is 1. The van der Waals surface area contributed by atoms with Gasteiger partial charge in [-0.3, -0.25) is 0 Å². The van der Waals surface area contributed by atoms with Gasteiger partial charge in [0.05, 0.1) is 31.9 Å². The van der Waals surface area contributed by atoms with Gasteiger partial charge in [0, 0.05) is 0 Å². The fourth-order valence-corrected chi connectivity index (χ4v) is 3.58. The molecule has 0 spiro atoms. The summed E-state index contributed by atoms with van der Waals surface area (Å²) in [6, 6.07) is 13.0. The standard InChI is InChI=1S/C21H27FN2O2/c1-16-11-17(2)13-19(12-16)26-15-18(25)14-23-7-9-24(10-8-23)21-6-4-3-5-20(21)22/h3-6,11-13,18,25H,7-10,14-15H2,1-2H3/p+1/t18-/m1/s1. The van der Waals surface area contributed by atoms with E-state index < -0.39 is 6.10 Å². The molecule has 0 aromatic heterocycles. The first-order chi connectivity index (χ1) is 12.5. The number of quaternary nitrogens is 1. The van der Waals surface area contributed by atoms with Gasteiger partial charge in [0.25, 0.3) is 0 Å². The van der Waals surface area contributed by atoms with Crippen LogP contribution in [0, 0.1) is 19.7 Å². The molecule has 5 heteroatoms. The third kappa shape index (κ3) is 4.96. The summed E-state index contributed by atoms with van der Waals surface area (Å²) < 4.78 is 19.6. The molecule has 2 N–H and O–H groups in total. The van der Waals surface area contributed by atoms with Crippen molar-refractivity contribution in [1.29, 1.82) is 0 Å². The van der Waals surface area contributed by atoms with E-state index in [1.807, 2.05) is 38.1 Å². The van der Waals surface area contributed by atoms with E-state index in [1.54, 1.807) is 6.07 Å². The highest BCUT2D eigenvalue weighted by Crippen LogP contribution is 2.18. The lowest BCUT2D eigenvalue weighted by atomic mass is 10.1. The monoisotopic (exact) mass is 359 g/mol. The molecule has 1 heterocycles. The van der Waals surface area contributed by atoms with Crippen molar-refractivity contribution >= 4 is 5.69 Å². The van der Waals surface area contributed by atoms with Crippen LogP contribution in [0.15, 0.2) is 42.5 Å².